The number of nitrogens with zero attached hydrogens (tertiary/aromatic N) is 4. The molecule has 0 N–H and O–H groups in total. The molecule has 4 nitrogen and oxygen atoms in total. The molecule has 1 aromatic carbocycles. The molecule has 0 saturated carbocycles. The Hall–Kier alpha value is -1.76. The first-order chi connectivity index (χ1) is 11.0. The number of rotatable bonds is 3. The van der Waals surface area contributed by atoms with Gasteiger partial charge in [-0.15, -0.1) is 0 Å². The molecule has 0 amide bonds. The summed E-state index contributed by atoms with van der Waals surface area (Å²) in [5, 5.41) is 4.67. The van der Waals surface area contributed by atoms with Gasteiger partial charge in [-0.25, -0.2) is 23.4 Å². The lowest BCUT2D eigenvalue weighted by Gasteiger charge is -2.08. The van der Waals surface area contributed by atoms with Crippen molar-refractivity contribution < 1.29 is 8.78 Å². The van der Waals surface area contributed by atoms with E-state index < -0.39 is 11.6 Å². The molecule has 0 radical (unpaired) electrons. The van der Waals surface area contributed by atoms with Crippen LogP contribution in [0, 0.1) is 11.6 Å². The van der Waals surface area contributed by atoms with Gasteiger partial charge < -0.3 is 0 Å². The molecule has 0 atom stereocenters. The molecule has 0 fully saturated rings. The Labute approximate surface area is 144 Å². The Morgan fingerprint density at radius 3 is 2.35 bits per heavy atom. The molecule has 23 heavy (non-hydrogen) atoms. The number of hydrogen-bond donors (Lipinski definition) is 0. The van der Waals surface area contributed by atoms with Crippen LogP contribution >= 0.6 is 34.8 Å². The van der Waals surface area contributed by atoms with Crippen molar-refractivity contribution >= 4 is 34.8 Å². The number of halogens is 5. The SMILES string of the molecule is Fc1ccc(-n2nc(Cl)c(Cl)c2Cc2ncc(Cl)cn2)cc1F. The summed E-state index contributed by atoms with van der Waals surface area (Å²) < 4.78 is 27.9. The zero-order valence-corrected chi connectivity index (χ0v) is 13.5. The van der Waals surface area contributed by atoms with E-state index in [4.69, 9.17) is 34.8 Å². The van der Waals surface area contributed by atoms with E-state index >= 15 is 0 Å². The summed E-state index contributed by atoms with van der Waals surface area (Å²) in [5.74, 6) is -1.53. The molecule has 0 aliphatic carbocycles. The molecule has 2 aromatic heterocycles. The van der Waals surface area contributed by atoms with Crippen LogP contribution in [0.4, 0.5) is 8.78 Å². The number of benzene rings is 1. The predicted molar refractivity (Wildman–Crippen MR) is 83.3 cm³/mol. The fourth-order valence-electron chi connectivity index (χ4n) is 1.97. The Morgan fingerprint density at radius 2 is 1.70 bits per heavy atom. The summed E-state index contributed by atoms with van der Waals surface area (Å²) >= 11 is 17.8. The lowest BCUT2D eigenvalue weighted by molar-refractivity contribution is 0.507. The quantitative estimate of drug-likeness (QED) is 0.677. The second kappa shape index (κ2) is 6.39. The highest BCUT2D eigenvalue weighted by Crippen LogP contribution is 2.29. The minimum absolute atomic E-state index is 0.0420. The molecular formula is C14H7Cl3F2N4. The summed E-state index contributed by atoms with van der Waals surface area (Å²) in [6.07, 6.45) is 3.07. The summed E-state index contributed by atoms with van der Waals surface area (Å²) in [6.45, 7) is 0. The standard InChI is InChI=1S/C14H7Cl3F2N4/c15-7-5-20-12(21-6-7)4-11-13(16)14(17)22-23(11)8-1-2-9(18)10(19)3-8/h1-3,5-6H,4H2. The average molecular weight is 376 g/mol. The van der Waals surface area contributed by atoms with E-state index in [2.05, 4.69) is 15.1 Å². The Morgan fingerprint density at radius 1 is 1.00 bits per heavy atom. The van der Waals surface area contributed by atoms with Gasteiger partial charge in [0.1, 0.15) is 10.8 Å². The highest BCUT2D eigenvalue weighted by molar-refractivity contribution is 6.41. The van der Waals surface area contributed by atoms with Crippen LogP contribution in [0.1, 0.15) is 11.5 Å². The van der Waals surface area contributed by atoms with E-state index in [1.807, 2.05) is 0 Å². The molecule has 0 bridgehead atoms. The fraction of sp³-hybridized carbons (Fsp3) is 0.0714. The normalized spacial score (nSPS) is 11.0. The maximum absolute atomic E-state index is 13.5. The fourth-order valence-corrected chi connectivity index (χ4v) is 2.43. The van der Waals surface area contributed by atoms with Crippen molar-refractivity contribution in [1.82, 2.24) is 19.7 Å². The maximum Gasteiger partial charge on any atom is 0.170 e. The Bertz CT molecular complexity index is 865. The second-order valence-corrected chi connectivity index (χ2v) is 5.73. The van der Waals surface area contributed by atoms with Gasteiger partial charge in [-0.1, -0.05) is 34.8 Å². The topological polar surface area (TPSA) is 43.6 Å². The Balaban J connectivity index is 2.06. The second-order valence-electron chi connectivity index (χ2n) is 4.56. The van der Waals surface area contributed by atoms with Crippen molar-refractivity contribution in [2.24, 2.45) is 0 Å². The molecular weight excluding hydrogens is 369 g/mol. The van der Waals surface area contributed by atoms with Crippen molar-refractivity contribution in [2.45, 2.75) is 6.42 Å². The highest BCUT2D eigenvalue weighted by atomic mass is 35.5. The molecule has 0 spiro atoms. The Kier molecular flexibility index (Phi) is 4.48. The van der Waals surface area contributed by atoms with Crippen LogP contribution < -0.4 is 0 Å². The third-order valence-corrected chi connectivity index (χ3v) is 3.98. The zero-order valence-electron chi connectivity index (χ0n) is 11.3. The monoisotopic (exact) mass is 374 g/mol. The minimum Gasteiger partial charge on any atom is -0.239 e. The molecule has 9 heteroatoms. The molecule has 0 aliphatic heterocycles. The van der Waals surface area contributed by atoms with Gasteiger partial charge in [-0.05, 0) is 12.1 Å². The minimum atomic E-state index is -1.00. The molecule has 0 aliphatic rings. The van der Waals surface area contributed by atoms with Crippen molar-refractivity contribution in [3.05, 3.63) is 68.9 Å². The van der Waals surface area contributed by atoms with Crippen LogP contribution in [0.3, 0.4) is 0 Å². The average Bonchev–Trinajstić information content (AvgIpc) is 2.80. The lowest BCUT2D eigenvalue weighted by atomic mass is 10.2. The molecule has 2 heterocycles. The summed E-state index contributed by atoms with van der Waals surface area (Å²) in [4.78, 5) is 8.14. The van der Waals surface area contributed by atoms with Crippen LogP contribution in [-0.4, -0.2) is 19.7 Å². The van der Waals surface area contributed by atoms with E-state index in [0.717, 1.165) is 12.1 Å². The lowest BCUT2D eigenvalue weighted by Crippen LogP contribution is -2.06. The van der Waals surface area contributed by atoms with E-state index in [9.17, 15) is 8.78 Å². The van der Waals surface area contributed by atoms with Crippen molar-refractivity contribution in [2.75, 3.05) is 0 Å². The van der Waals surface area contributed by atoms with E-state index in [1.165, 1.54) is 23.1 Å². The van der Waals surface area contributed by atoms with Crippen molar-refractivity contribution in [1.29, 1.82) is 0 Å². The van der Waals surface area contributed by atoms with Gasteiger partial charge in [0.05, 0.1) is 22.8 Å². The van der Waals surface area contributed by atoms with E-state index in [0.29, 0.717) is 16.5 Å². The van der Waals surface area contributed by atoms with Gasteiger partial charge >= 0.3 is 0 Å². The number of aromatic nitrogens is 4. The van der Waals surface area contributed by atoms with Crippen LogP contribution in [0.2, 0.25) is 15.2 Å². The largest absolute Gasteiger partial charge is 0.239 e. The van der Waals surface area contributed by atoms with E-state index in [-0.39, 0.29) is 22.3 Å². The number of hydrogen-bond acceptors (Lipinski definition) is 3. The van der Waals surface area contributed by atoms with Gasteiger partial charge in [-0.2, -0.15) is 5.10 Å². The van der Waals surface area contributed by atoms with Gasteiger partial charge in [0.15, 0.2) is 16.8 Å². The van der Waals surface area contributed by atoms with Crippen LogP contribution in [-0.2, 0) is 6.42 Å². The summed E-state index contributed by atoms with van der Waals surface area (Å²) in [7, 11) is 0. The van der Waals surface area contributed by atoms with Gasteiger partial charge in [-0.3, -0.25) is 0 Å². The molecule has 3 aromatic rings. The highest BCUT2D eigenvalue weighted by Gasteiger charge is 2.18. The van der Waals surface area contributed by atoms with Gasteiger partial charge in [0, 0.05) is 18.5 Å². The first-order valence-electron chi connectivity index (χ1n) is 6.30. The van der Waals surface area contributed by atoms with Crippen molar-refractivity contribution in [3.8, 4) is 5.69 Å². The molecule has 118 valence electrons. The first kappa shape index (κ1) is 16.1. The van der Waals surface area contributed by atoms with E-state index in [1.54, 1.807) is 0 Å². The predicted octanol–water partition coefficient (Wildman–Crippen LogP) is 4.49. The third kappa shape index (κ3) is 3.29. The van der Waals surface area contributed by atoms with Crippen LogP contribution in [0.25, 0.3) is 5.69 Å². The third-order valence-electron chi connectivity index (χ3n) is 3.03. The van der Waals surface area contributed by atoms with Crippen LogP contribution in [0.5, 0.6) is 0 Å². The maximum atomic E-state index is 13.5. The smallest absolute Gasteiger partial charge is 0.170 e. The zero-order chi connectivity index (χ0) is 16.6. The van der Waals surface area contributed by atoms with Gasteiger partial charge in [0.2, 0.25) is 0 Å². The van der Waals surface area contributed by atoms with Crippen molar-refractivity contribution in [3.63, 3.8) is 0 Å². The molecule has 0 saturated heterocycles. The van der Waals surface area contributed by atoms with Crippen LogP contribution in [0.15, 0.2) is 30.6 Å². The summed E-state index contributed by atoms with van der Waals surface area (Å²) in [5.41, 5.74) is 0.728. The summed E-state index contributed by atoms with van der Waals surface area (Å²) in [6, 6.07) is 3.36. The molecule has 3 rings (SSSR count). The van der Waals surface area contributed by atoms with Gasteiger partial charge in [0.25, 0.3) is 0 Å². The molecule has 0 unspecified atom stereocenters. The first-order valence-corrected chi connectivity index (χ1v) is 7.44.